The smallest absolute Gasteiger partial charge is 0.131 e. The summed E-state index contributed by atoms with van der Waals surface area (Å²) in [5, 5.41) is 2.21. The van der Waals surface area contributed by atoms with Gasteiger partial charge in [0, 0.05) is 36.5 Å². The van der Waals surface area contributed by atoms with Crippen molar-refractivity contribution in [1.82, 2.24) is 4.90 Å². The van der Waals surface area contributed by atoms with E-state index < -0.39 is 0 Å². The zero-order chi connectivity index (χ0) is 16.5. The second-order valence-electron chi connectivity index (χ2n) is 6.49. The molecule has 0 amide bonds. The molecular weight excluding hydrogens is 334 g/mol. The topological polar surface area (TPSA) is 20.3 Å². The van der Waals surface area contributed by atoms with Gasteiger partial charge in [-0.05, 0) is 48.4 Å². The zero-order valence-corrected chi connectivity index (χ0v) is 15.5. The van der Waals surface area contributed by atoms with Gasteiger partial charge in [0.25, 0.3) is 0 Å². The number of likely N-dealkylation sites (tertiary alicyclic amines) is 1. The van der Waals surface area contributed by atoms with Crippen LogP contribution in [0.5, 0.6) is 0 Å². The van der Waals surface area contributed by atoms with Crippen molar-refractivity contribution in [3.63, 3.8) is 0 Å². The first-order valence-electron chi connectivity index (χ1n) is 8.51. The van der Waals surface area contributed by atoms with Gasteiger partial charge in [0.05, 0.1) is 4.21 Å². The summed E-state index contributed by atoms with van der Waals surface area (Å²) in [6, 6.07) is 11.1. The number of hydrogen-bond donors (Lipinski definition) is 0. The molecule has 1 aromatic heterocycles. The van der Waals surface area contributed by atoms with Gasteiger partial charge in [0.15, 0.2) is 0 Å². The lowest BCUT2D eigenvalue weighted by molar-refractivity contribution is -0.117. The summed E-state index contributed by atoms with van der Waals surface area (Å²) in [5.74, 6) is 0.292. The predicted molar refractivity (Wildman–Crippen MR) is 102 cm³/mol. The largest absolute Gasteiger partial charge is 0.302 e. The van der Waals surface area contributed by atoms with Crippen molar-refractivity contribution in [2.24, 2.45) is 0 Å². The van der Waals surface area contributed by atoms with Crippen LogP contribution in [0.25, 0.3) is 5.57 Å². The first-order chi connectivity index (χ1) is 11.7. The molecule has 24 heavy (non-hydrogen) atoms. The first-order valence-corrected chi connectivity index (χ1v) is 10.2. The Labute approximate surface area is 151 Å². The Bertz CT molecular complexity index is 795. The Kier molecular flexibility index (Phi) is 4.61. The lowest BCUT2D eigenvalue weighted by Crippen LogP contribution is -2.32. The Hall–Kier alpha value is -1.36. The fraction of sp³-hybridized carbons (Fsp3) is 0.350. The van der Waals surface area contributed by atoms with Gasteiger partial charge in [-0.3, -0.25) is 4.79 Å². The minimum absolute atomic E-state index is 0.292. The van der Waals surface area contributed by atoms with Crippen molar-refractivity contribution >= 4 is 34.5 Å². The van der Waals surface area contributed by atoms with Gasteiger partial charge < -0.3 is 4.90 Å². The molecule has 2 aromatic rings. The molecule has 0 bridgehead atoms. The van der Waals surface area contributed by atoms with E-state index in [2.05, 4.69) is 40.6 Å². The number of nitrogens with zero attached hydrogens (tertiary/aromatic N) is 1. The summed E-state index contributed by atoms with van der Waals surface area (Å²) in [5.41, 5.74) is 5.89. The molecule has 2 aliphatic rings. The molecule has 1 aromatic carbocycles. The maximum atomic E-state index is 11.2. The van der Waals surface area contributed by atoms with E-state index in [0.29, 0.717) is 12.2 Å². The predicted octanol–water partition coefficient (Wildman–Crippen LogP) is 5.09. The molecule has 3 heterocycles. The normalized spacial score (nSPS) is 17.5. The van der Waals surface area contributed by atoms with Gasteiger partial charge in [0.1, 0.15) is 5.78 Å². The molecule has 0 N–H and O–H groups in total. The Balaban J connectivity index is 1.63. The van der Waals surface area contributed by atoms with Gasteiger partial charge in [-0.2, -0.15) is 0 Å². The van der Waals surface area contributed by atoms with E-state index >= 15 is 0 Å². The number of hydrogen-bond acceptors (Lipinski definition) is 4. The third-order valence-electron chi connectivity index (χ3n) is 4.85. The summed E-state index contributed by atoms with van der Waals surface area (Å²) in [6.07, 6.45) is 2.91. The summed E-state index contributed by atoms with van der Waals surface area (Å²) < 4.78 is 1.43. The van der Waals surface area contributed by atoms with Crippen LogP contribution in [-0.2, 0) is 4.79 Å². The molecular formula is C20H21NOS2. The maximum Gasteiger partial charge on any atom is 0.131 e. The highest BCUT2D eigenvalue weighted by Crippen LogP contribution is 2.49. The van der Waals surface area contributed by atoms with E-state index in [1.165, 1.54) is 25.8 Å². The molecule has 4 rings (SSSR count). The number of rotatable bonds is 3. The first kappa shape index (κ1) is 16.1. The van der Waals surface area contributed by atoms with Crippen molar-refractivity contribution in [3.05, 3.63) is 52.4 Å². The number of carbonyl (C=O) groups is 1. The van der Waals surface area contributed by atoms with Crippen LogP contribution in [0.4, 0.5) is 0 Å². The Morgan fingerprint density at radius 3 is 2.71 bits per heavy atom. The lowest BCUT2D eigenvalue weighted by Gasteiger charge is -2.31. The van der Waals surface area contributed by atoms with Crippen LogP contribution in [0.3, 0.4) is 0 Å². The van der Waals surface area contributed by atoms with E-state index in [9.17, 15) is 4.79 Å². The monoisotopic (exact) mass is 355 g/mol. The number of fused-ring (bicyclic) bond motifs is 2. The molecule has 124 valence electrons. The second kappa shape index (κ2) is 6.87. The highest BCUT2D eigenvalue weighted by Gasteiger charge is 2.26. The molecule has 4 heteroatoms. The van der Waals surface area contributed by atoms with E-state index in [0.717, 1.165) is 32.5 Å². The molecule has 0 unspecified atom stereocenters. The van der Waals surface area contributed by atoms with Gasteiger partial charge >= 0.3 is 0 Å². The SMILES string of the molecule is CC(=O)CCN1CCC(=C2c3ccccc3Sc3sccc32)CC1. The van der Waals surface area contributed by atoms with Gasteiger partial charge in [-0.1, -0.05) is 35.5 Å². The molecule has 0 spiro atoms. The van der Waals surface area contributed by atoms with E-state index in [-0.39, 0.29) is 0 Å². The third kappa shape index (κ3) is 3.10. The van der Waals surface area contributed by atoms with Crippen LogP contribution in [0.2, 0.25) is 0 Å². The fourth-order valence-electron chi connectivity index (χ4n) is 3.56. The third-order valence-corrected chi connectivity index (χ3v) is 7.08. The van der Waals surface area contributed by atoms with Gasteiger partial charge in [0.2, 0.25) is 0 Å². The highest BCUT2D eigenvalue weighted by molar-refractivity contribution is 8.01. The summed E-state index contributed by atoms with van der Waals surface area (Å²) >= 11 is 3.75. The fourth-order valence-corrected chi connectivity index (χ4v) is 5.72. The van der Waals surface area contributed by atoms with Crippen LogP contribution < -0.4 is 0 Å². The maximum absolute atomic E-state index is 11.2. The minimum atomic E-state index is 0.292. The molecule has 2 aliphatic heterocycles. The summed E-state index contributed by atoms with van der Waals surface area (Å²) in [7, 11) is 0. The Morgan fingerprint density at radius 2 is 1.92 bits per heavy atom. The zero-order valence-electron chi connectivity index (χ0n) is 13.9. The van der Waals surface area contributed by atoms with Gasteiger partial charge in [-0.25, -0.2) is 0 Å². The minimum Gasteiger partial charge on any atom is -0.302 e. The lowest BCUT2D eigenvalue weighted by atomic mass is 9.89. The van der Waals surface area contributed by atoms with Crippen molar-refractivity contribution in [3.8, 4) is 0 Å². The van der Waals surface area contributed by atoms with Crippen LogP contribution in [0.1, 0.15) is 37.3 Å². The second-order valence-corrected chi connectivity index (χ2v) is 8.72. The van der Waals surface area contributed by atoms with E-state index in [1.54, 1.807) is 12.5 Å². The average molecular weight is 356 g/mol. The standard InChI is InChI=1S/C20H21NOS2/c1-14(22)6-10-21-11-7-15(8-12-21)19-16-4-2-3-5-18(16)24-20-17(19)9-13-23-20/h2-5,9,13H,6-8,10-12H2,1H3. The van der Waals surface area contributed by atoms with Crippen LogP contribution in [-0.4, -0.2) is 30.3 Å². The van der Waals surface area contributed by atoms with Crippen molar-refractivity contribution < 1.29 is 4.79 Å². The van der Waals surface area contributed by atoms with Crippen LogP contribution >= 0.6 is 23.1 Å². The Morgan fingerprint density at radius 1 is 1.12 bits per heavy atom. The number of carbonyl (C=O) groups excluding carboxylic acids is 1. The number of ketones is 1. The number of Topliss-reactive ketones (excluding diaryl/α,β-unsaturated/α-hetero) is 1. The van der Waals surface area contributed by atoms with Gasteiger partial charge in [-0.15, -0.1) is 11.3 Å². The molecule has 1 saturated heterocycles. The van der Waals surface area contributed by atoms with Crippen LogP contribution in [0.15, 0.2) is 50.4 Å². The molecule has 0 radical (unpaired) electrons. The van der Waals surface area contributed by atoms with E-state index in [1.807, 2.05) is 23.1 Å². The molecule has 0 saturated carbocycles. The quantitative estimate of drug-likeness (QED) is 0.653. The van der Waals surface area contributed by atoms with Crippen LogP contribution in [0, 0.1) is 0 Å². The van der Waals surface area contributed by atoms with Crippen molar-refractivity contribution in [2.75, 3.05) is 19.6 Å². The van der Waals surface area contributed by atoms with E-state index in [4.69, 9.17) is 0 Å². The summed E-state index contributed by atoms with van der Waals surface area (Å²) in [6.45, 7) is 4.74. The molecule has 0 atom stereocenters. The van der Waals surface area contributed by atoms with Crippen molar-refractivity contribution in [2.45, 2.75) is 35.3 Å². The molecule has 0 aliphatic carbocycles. The number of thiophene rings is 1. The number of benzene rings is 1. The average Bonchev–Trinajstić information content (AvgIpc) is 3.06. The van der Waals surface area contributed by atoms with Crippen molar-refractivity contribution in [1.29, 1.82) is 0 Å². The molecule has 2 nitrogen and oxygen atoms in total. The summed E-state index contributed by atoms with van der Waals surface area (Å²) in [4.78, 5) is 15.0. The molecule has 1 fully saturated rings. The number of piperidine rings is 1. The highest BCUT2D eigenvalue weighted by atomic mass is 32.2.